The van der Waals surface area contributed by atoms with Crippen molar-refractivity contribution in [2.45, 2.75) is 5.92 Å². The van der Waals surface area contributed by atoms with Crippen LogP contribution in [0.4, 0.5) is 9.18 Å². The van der Waals surface area contributed by atoms with E-state index in [0.717, 1.165) is 33.4 Å². The Kier molecular flexibility index (Phi) is 5.84. The number of rotatable bonds is 6. The van der Waals surface area contributed by atoms with E-state index in [2.05, 4.69) is 29.6 Å². The van der Waals surface area contributed by atoms with Gasteiger partial charge in [-0.2, -0.15) is 10.9 Å². The Labute approximate surface area is 194 Å². The molecular formula is C27H22FNO3S. The summed E-state index contributed by atoms with van der Waals surface area (Å²) in [4.78, 5) is 24.6. The zero-order chi connectivity index (χ0) is 22.8. The number of allylic oxidation sites excluding steroid dienone is 2. The third-order valence-corrected chi connectivity index (χ3v) is 8.13. The Morgan fingerprint density at radius 2 is 1.52 bits per heavy atom. The molecule has 4 nitrogen and oxygen atoms in total. The molecule has 3 aromatic rings. The van der Waals surface area contributed by atoms with E-state index < -0.39 is 17.0 Å². The van der Waals surface area contributed by atoms with Crippen LogP contribution in [-0.2, 0) is 4.74 Å². The number of carbonyl (C=O) groups excluding carboxylic acids is 2. The number of hydrogen-bond donors (Lipinski definition) is 2. The minimum Gasteiger partial charge on any atom is -0.449 e. The number of fused-ring (bicyclic) bond motifs is 3. The Morgan fingerprint density at radius 3 is 2.18 bits per heavy atom. The van der Waals surface area contributed by atoms with Gasteiger partial charge in [-0.05, 0) is 40.0 Å². The fraction of sp³-hybridized carbons (Fsp3) is 0.111. The SMILES string of the molecule is O=Cc1ccccc1C1=CC=C(F)[SH]1CNC(=O)OCC1c2ccccc2-c2ccccc21. The summed E-state index contributed by atoms with van der Waals surface area (Å²) < 4.78 is 20.1. The number of alkyl carbamates (subject to hydrolysis) is 1. The number of aldehydes is 1. The van der Waals surface area contributed by atoms with Crippen LogP contribution >= 0.6 is 10.9 Å². The van der Waals surface area contributed by atoms with Crippen LogP contribution in [-0.4, -0.2) is 24.9 Å². The molecule has 0 radical (unpaired) electrons. The number of carbonyl (C=O) groups is 2. The summed E-state index contributed by atoms with van der Waals surface area (Å²) in [5.41, 5.74) is 5.78. The Balaban J connectivity index is 1.25. The minimum absolute atomic E-state index is 0.0353. The molecule has 166 valence electrons. The molecule has 1 N–H and O–H groups in total. The summed E-state index contributed by atoms with van der Waals surface area (Å²) in [5.74, 6) is 0.0693. The molecule has 2 aliphatic rings. The summed E-state index contributed by atoms with van der Waals surface area (Å²) in [6.45, 7) is 0.201. The maximum atomic E-state index is 14.5. The maximum absolute atomic E-state index is 14.5. The van der Waals surface area contributed by atoms with Crippen molar-refractivity contribution >= 4 is 28.2 Å². The largest absolute Gasteiger partial charge is 0.449 e. The van der Waals surface area contributed by atoms with Gasteiger partial charge < -0.3 is 10.1 Å². The molecular weight excluding hydrogens is 437 g/mol. The van der Waals surface area contributed by atoms with Crippen LogP contribution in [0, 0.1) is 0 Å². The van der Waals surface area contributed by atoms with Gasteiger partial charge in [0.1, 0.15) is 11.8 Å². The van der Waals surface area contributed by atoms with Crippen molar-refractivity contribution in [2.75, 3.05) is 12.5 Å². The number of hydrogen-bond acceptors (Lipinski definition) is 3. The first kappa shape index (κ1) is 21.2. The quantitative estimate of drug-likeness (QED) is 0.343. The van der Waals surface area contributed by atoms with E-state index in [1.54, 1.807) is 24.3 Å². The standard InChI is InChI=1S/C27H22FNO3S/c28-26-14-13-25(19-8-2-1-7-18(19)15-30)33(26)17-29-27(31)32-16-24-22-11-5-3-9-20(22)21-10-4-6-12-23(21)24/h1-15,24,33H,16-17H2,(H,29,31). The molecule has 0 fully saturated rings. The third-order valence-electron chi connectivity index (χ3n) is 6.02. The number of halogens is 1. The van der Waals surface area contributed by atoms with Crippen LogP contribution in [0.1, 0.15) is 33.0 Å². The lowest BCUT2D eigenvalue weighted by Crippen LogP contribution is -2.27. The monoisotopic (exact) mass is 459 g/mol. The second-order valence-electron chi connectivity index (χ2n) is 7.83. The van der Waals surface area contributed by atoms with Gasteiger partial charge in [0.2, 0.25) is 0 Å². The zero-order valence-corrected chi connectivity index (χ0v) is 18.6. The van der Waals surface area contributed by atoms with E-state index in [1.807, 2.05) is 30.3 Å². The summed E-state index contributed by atoms with van der Waals surface area (Å²) in [7, 11) is -1.42. The van der Waals surface area contributed by atoms with Gasteiger partial charge in [0.25, 0.3) is 0 Å². The van der Waals surface area contributed by atoms with Gasteiger partial charge in [-0.15, -0.1) is 0 Å². The second-order valence-corrected chi connectivity index (χ2v) is 9.92. The first-order valence-electron chi connectivity index (χ1n) is 10.7. The average Bonchev–Trinajstić information content (AvgIpc) is 3.38. The summed E-state index contributed by atoms with van der Waals surface area (Å²) in [5, 5.41) is 2.43. The van der Waals surface area contributed by atoms with E-state index in [1.165, 1.54) is 6.08 Å². The van der Waals surface area contributed by atoms with E-state index >= 15 is 0 Å². The van der Waals surface area contributed by atoms with E-state index in [9.17, 15) is 14.0 Å². The van der Waals surface area contributed by atoms with Gasteiger partial charge in [0.15, 0.2) is 6.29 Å². The second kappa shape index (κ2) is 9.08. The van der Waals surface area contributed by atoms with Crippen LogP contribution in [0.3, 0.4) is 0 Å². The smallest absolute Gasteiger partial charge is 0.407 e. The van der Waals surface area contributed by atoms with Gasteiger partial charge >= 0.3 is 6.09 Å². The topological polar surface area (TPSA) is 55.4 Å². The molecule has 1 amide bonds. The number of thiol groups is 1. The average molecular weight is 460 g/mol. The maximum Gasteiger partial charge on any atom is 0.407 e. The van der Waals surface area contributed by atoms with Crippen LogP contribution < -0.4 is 5.32 Å². The lowest BCUT2D eigenvalue weighted by atomic mass is 9.98. The molecule has 33 heavy (non-hydrogen) atoms. The van der Waals surface area contributed by atoms with Gasteiger partial charge in [-0.1, -0.05) is 72.8 Å². The first-order chi connectivity index (χ1) is 16.2. The van der Waals surface area contributed by atoms with E-state index in [0.29, 0.717) is 11.1 Å². The molecule has 1 heterocycles. The normalized spacial score (nSPS) is 17.5. The van der Waals surface area contributed by atoms with Crippen molar-refractivity contribution in [3.05, 3.63) is 112 Å². The molecule has 6 heteroatoms. The summed E-state index contributed by atoms with van der Waals surface area (Å²) in [6.07, 6.45) is 3.27. The number of amides is 1. The molecule has 3 aromatic carbocycles. The molecule has 1 aliphatic heterocycles. The highest BCUT2D eigenvalue weighted by molar-refractivity contribution is 8.28. The molecule has 0 aromatic heterocycles. The number of benzene rings is 3. The van der Waals surface area contributed by atoms with Crippen LogP contribution in [0.15, 0.2) is 90.1 Å². The van der Waals surface area contributed by atoms with Gasteiger partial charge in [-0.3, -0.25) is 4.79 Å². The van der Waals surface area contributed by atoms with Crippen molar-refractivity contribution in [2.24, 2.45) is 0 Å². The molecule has 1 aliphatic carbocycles. The molecule has 0 spiro atoms. The van der Waals surface area contributed by atoms with E-state index in [4.69, 9.17) is 4.74 Å². The lowest BCUT2D eigenvalue weighted by molar-refractivity contribution is 0.112. The predicted octanol–water partition coefficient (Wildman–Crippen LogP) is 6.16. The van der Waals surface area contributed by atoms with Crippen molar-refractivity contribution in [1.82, 2.24) is 5.32 Å². The van der Waals surface area contributed by atoms with Gasteiger partial charge in [0, 0.05) is 16.4 Å². The molecule has 0 saturated heterocycles. The van der Waals surface area contributed by atoms with Gasteiger partial charge in [-0.25, -0.2) is 9.18 Å². The Bertz CT molecular complexity index is 1250. The molecule has 1 unspecified atom stereocenters. The summed E-state index contributed by atoms with van der Waals surface area (Å²) >= 11 is 0. The number of nitrogens with one attached hydrogen (secondary N) is 1. The molecule has 5 rings (SSSR count). The highest BCUT2D eigenvalue weighted by Gasteiger charge is 2.29. The van der Waals surface area contributed by atoms with Crippen LogP contribution in [0.25, 0.3) is 16.0 Å². The van der Waals surface area contributed by atoms with Crippen molar-refractivity contribution in [1.29, 1.82) is 0 Å². The Morgan fingerprint density at radius 1 is 0.909 bits per heavy atom. The first-order valence-corrected chi connectivity index (χ1v) is 12.2. The fourth-order valence-corrected chi connectivity index (χ4v) is 6.31. The molecule has 1 atom stereocenters. The van der Waals surface area contributed by atoms with E-state index in [-0.39, 0.29) is 23.6 Å². The highest BCUT2D eigenvalue weighted by Crippen LogP contribution is 2.53. The van der Waals surface area contributed by atoms with Crippen LogP contribution in [0.2, 0.25) is 0 Å². The Hall–Kier alpha value is -3.64. The zero-order valence-electron chi connectivity index (χ0n) is 17.7. The molecule has 0 saturated carbocycles. The third kappa shape index (κ3) is 3.98. The van der Waals surface area contributed by atoms with Crippen LogP contribution in [0.5, 0.6) is 0 Å². The highest BCUT2D eigenvalue weighted by atomic mass is 32.2. The van der Waals surface area contributed by atoms with Crippen molar-refractivity contribution in [3.63, 3.8) is 0 Å². The van der Waals surface area contributed by atoms with Gasteiger partial charge in [0.05, 0.1) is 5.88 Å². The minimum atomic E-state index is -1.42. The van der Waals surface area contributed by atoms with Crippen molar-refractivity contribution in [3.8, 4) is 11.1 Å². The predicted molar refractivity (Wildman–Crippen MR) is 131 cm³/mol. The van der Waals surface area contributed by atoms with Crippen molar-refractivity contribution < 1.29 is 18.7 Å². The lowest BCUT2D eigenvalue weighted by Gasteiger charge is -2.21. The number of ether oxygens (including phenoxy) is 1. The fourth-order valence-electron chi connectivity index (χ4n) is 4.46. The summed E-state index contributed by atoms with van der Waals surface area (Å²) in [6, 6.07) is 23.3. The molecule has 0 bridgehead atoms.